The lowest BCUT2D eigenvalue weighted by Crippen LogP contribution is -2.28. The van der Waals surface area contributed by atoms with Crippen molar-refractivity contribution >= 4 is 51.8 Å². The molecule has 2 N–H and O–H groups in total. The van der Waals surface area contributed by atoms with E-state index < -0.39 is 10.8 Å². The van der Waals surface area contributed by atoms with Crippen molar-refractivity contribution in [3.63, 3.8) is 0 Å². The maximum atomic E-state index is 12.4. The molecular formula is C18H20ClN7O3S. The standard InChI is InChI=1S/C18H20ClN7O3S/c1-10(2)22-15-13-9-21-25(16(13)24-18(23-15)30-3)7-6-20-17(27)12-8-11(19)4-5-14(12)26(28)29/h4-5,8-10H,6-7H2,1-3H3,(H,20,27)(H,22,23,24). The first-order chi connectivity index (χ1) is 14.3. The van der Waals surface area contributed by atoms with Gasteiger partial charge in [-0.2, -0.15) is 5.10 Å². The van der Waals surface area contributed by atoms with Gasteiger partial charge in [0.25, 0.3) is 11.6 Å². The number of amides is 1. The summed E-state index contributed by atoms with van der Waals surface area (Å²) in [6, 6.07) is 4.05. The minimum absolute atomic E-state index is 0.0896. The fourth-order valence-corrected chi connectivity index (χ4v) is 3.33. The molecule has 10 nitrogen and oxygen atoms in total. The monoisotopic (exact) mass is 449 g/mol. The van der Waals surface area contributed by atoms with E-state index >= 15 is 0 Å². The number of aromatic nitrogens is 4. The van der Waals surface area contributed by atoms with Gasteiger partial charge >= 0.3 is 0 Å². The van der Waals surface area contributed by atoms with E-state index in [1.54, 1.807) is 10.9 Å². The lowest BCUT2D eigenvalue weighted by atomic mass is 10.1. The number of carbonyl (C=O) groups is 1. The van der Waals surface area contributed by atoms with E-state index in [1.807, 2.05) is 20.1 Å². The van der Waals surface area contributed by atoms with E-state index in [1.165, 1.54) is 30.0 Å². The van der Waals surface area contributed by atoms with Crippen molar-refractivity contribution in [2.24, 2.45) is 0 Å². The quantitative estimate of drug-likeness (QED) is 0.232. The molecule has 3 rings (SSSR count). The second kappa shape index (κ2) is 9.26. The second-order valence-corrected chi connectivity index (χ2v) is 7.85. The molecule has 158 valence electrons. The molecule has 1 amide bonds. The fourth-order valence-electron chi connectivity index (χ4n) is 2.79. The Balaban J connectivity index is 1.78. The molecule has 0 aliphatic rings. The minimum atomic E-state index is -0.615. The number of hydrogen-bond donors (Lipinski definition) is 2. The Kier molecular flexibility index (Phi) is 6.73. The van der Waals surface area contributed by atoms with Crippen molar-refractivity contribution < 1.29 is 9.72 Å². The molecular weight excluding hydrogens is 430 g/mol. The van der Waals surface area contributed by atoms with Gasteiger partial charge in [0.15, 0.2) is 10.8 Å². The predicted octanol–water partition coefficient (Wildman–Crippen LogP) is 3.36. The lowest BCUT2D eigenvalue weighted by molar-refractivity contribution is -0.385. The van der Waals surface area contributed by atoms with E-state index in [9.17, 15) is 14.9 Å². The van der Waals surface area contributed by atoms with Crippen molar-refractivity contribution in [1.29, 1.82) is 0 Å². The number of halogens is 1. The van der Waals surface area contributed by atoms with Crippen LogP contribution < -0.4 is 10.6 Å². The summed E-state index contributed by atoms with van der Waals surface area (Å²) in [6.45, 7) is 4.56. The first-order valence-electron chi connectivity index (χ1n) is 9.06. The molecule has 0 saturated heterocycles. The molecule has 0 aliphatic carbocycles. The van der Waals surface area contributed by atoms with Gasteiger partial charge in [-0.3, -0.25) is 14.9 Å². The van der Waals surface area contributed by atoms with Gasteiger partial charge in [0.1, 0.15) is 11.4 Å². The first-order valence-corrected chi connectivity index (χ1v) is 10.7. The van der Waals surface area contributed by atoms with Crippen LogP contribution in [0.1, 0.15) is 24.2 Å². The summed E-state index contributed by atoms with van der Waals surface area (Å²) in [5.41, 5.74) is 0.247. The topological polar surface area (TPSA) is 128 Å². The zero-order chi connectivity index (χ0) is 21.8. The number of hydrogen-bond acceptors (Lipinski definition) is 8. The number of thioether (sulfide) groups is 1. The molecule has 30 heavy (non-hydrogen) atoms. The normalized spacial score (nSPS) is 11.1. The number of nitro groups is 1. The highest BCUT2D eigenvalue weighted by atomic mass is 35.5. The average Bonchev–Trinajstić information content (AvgIpc) is 3.10. The zero-order valence-electron chi connectivity index (χ0n) is 16.5. The fraction of sp³-hybridized carbons (Fsp3) is 0.333. The summed E-state index contributed by atoms with van der Waals surface area (Å²) in [6.07, 6.45) is 3.56. The zero-order valence-corrected chi connectivity index (χ0v) is 18.1. The summed E-state index contributed by atoms with van der Waals surface area (Å²) in [7, 11) is 0. The van der Waals surface area contributed by atoms with Crippen LogP contribution in [0.15, 0.2) is 29.6 Å². The Labute approximate surface area is 181 Å². The molecule has 0 unspecified atom stereocenters. The number of nitrogens with one attached hydrogen (secondary N) is 2. The Hall–Kier alpha value is -2.92. The smallest absolute Gasteiger partial charge is 0.282 e. The summed E-state index contributed by atoms with van der Waals surface area (Å²) in [5.74, 6) is 0.117. The third kappa shape index (κ3) is 4.79. The van der Waals surface area contributed by atoms with Gasteiger partial charge in [-0.15, -0.1) is 0 Å². The van der Waals surface area contributed by atoms with Crippen LogP contribution in [-0.4, -0.2) is 49.4 Å². The largest absolute Gasteiger partial charge is 0.367 e. The van der Waals surface area contributed by atoms with E-state index in [2.05, 4.69) is 25.7 Å². The maximum absolute atomic E-state index is 12.4. The summed E-state index contributed by atoms with van der Waals surface area (Å²) in [4.78, 5) is 32.0. The number of benzene rings is 1. The van der Waals surface area contributed by atoms with Crippen LogP contribution in [0, 0.1) is 10.1 Å². The van der Waals surface area contributed by atoms with E-state index in [0.29, 0.717) is 23.2 Å². The van der Waals surface area contributed by atoms with Gasteiger partial charge in [0, 0.05) is 23.7 Å². The van der Waals surface area contributed by atoms with Crippen LogP contribution in [0.2, 0.25) is 5.02 Å². The van der Waals surface area contributed by atoms with Gasteiger partial charge in [0.05, 0.1) is 23.1 Å². The van der Waals surface area contributed by atoms with Crippen molar-refractivity contribution in [3.8, 4) is 0 Å². The van der Waals surface area contributed by atoms with Crippen LogP contribution in [0.25, 0.3) is 11.0 Å². The minimum Gasteiger partial charge on any atom is -0.367 e. The second-order valence-electron chi connectivity index (χ2n) is 6.64. The molecule has 0 aliphatic heterocycles. The lowest BCUT2D eigenvalue weighted by Gasteiger charge is -2.11. The van der Waals surface area contributed by atoms with Crippen LogP contribution in [0.5, 0.6) is 0 Å². The molecule has 1 aromatic carbocycles. The highest BCUT2D eigenvalue weighted by Crippen LogP contribution is 2.24. The number of nitrogens with zero attached hydrogens (tertiary/aromatic N) is 5. The van der Waals surface area contributed by atoms with Crippen LogP contribution in [0.4, 0.5) is 11.5 Å². The summed E-state index contributed by atoms with van der Waals surface area (Å²) < 4.78 is 1.66. The summed E-state index contributed by atoms with van der Waals surface area (Å²) in [5, 5.41) is 23.1. The predicted molar refractivity (Wildman–Crippen MR) is 116 cm³/mol. The molecule has 3 aromatic rings. The number of rotatable bonds is 8. The van der Waals surface area contributed by atoms with E-state index in [-0.39, 0.29) is 28.9 Å². The number of carbonyl (C=O) groups excluding carboxylic acids is 1. The molecule has 2 aromatic heterocycles. The molecule has 0 spiro atoms. The molecule has 2 heterocycles. The van der Waals surface area contributed by atoms with E-state index in [0.717, 1.165) is 5.39 Å². The van der Waals surface area contributed by atoms with Gasteiger partial charge in [-0.25, -0.2) is 14.6 Å². The van der Waals surface area contributed by atoms with Crippen molar-refractivity contribution in [2.45, 2.75) is 31.6 Å². The van der Waals surface area contributed by atoms with E-state index in [4.69, 9.17) is 11.6 Å². The maximum Gasteiger partial charge on any atom is 0.282 e. The highest BCUT2D eigenvalue weighted by molar-refractivity contribution is 7.98. The molecule has 0 fully saturated rings. The van der Waals surface area contributed by atoms with Crippen LogP contribution in [0.3, 0.4) is 0 Å². The van der Waals surface area contributed by atoms with Gasteiger partial charge in [-0.1, -0.05) is 23.4 Å². The van der Waals surface area contributed by atoms with Crippen molar-refractivity contribution in [3.05, 3.63) is 45.1 Å². The molecule has 0 radical (unpaired) electrons. The SMILES string of the molecule is CSc1nc(NC(C)C)c2cnn(CCNC(=O)c3cc(Cl)ccc3[N+](=O)[O-])c2n1. The van der Waals surface area contributed by atoms with Crippen molar-refractivity contribution in [2.75, 3.05) is 18.1 Å². The van der Waals surface area contributed by atoms with Gasteiger partial charge in [0.2, 0.25) is 0 Å². The third-order valence-electron chi connectivity index (χ3n) is 4.09. The number of anilines is 1. The Morgan fingerprint density at radius 2 is 2.13 bits per heavy atom. The molecule has 0 bridgehead atoms. The Morgan fingerprint density at radius 1 is 1.37 bits per heavy atom. The Morgan fingerprint density at radius 3 is 2.80 bits per heavy atom. The van der Waals surface area contributed by atoms with Crippen LogP contribution >= 0.6 is 23.4 Å². The van der Waals surface area contributed by atoms with Crippen LogP contribution in [-0.2, 0) is 6.54 Å². The number of nitro benzene ring substituents is 1. The summed E-state index contributed by atoms with van der Waals surface area (Å²) >= 11 is 7.31. The van der Waals surface area contributed by atoms with Gasteiger partial charge < -0.3 is 10.6 Å². The van der Waals surface area contributed by atoms with Crippen molar-refractivity contribution in [1.82, 2.24) is 25.1 Å². The molecule has 0 atom stereocenters. The third-order valence-corrected chi connectivity index (χ3v) is 4.88. The molecule has 12 heteroatoms. The first kappa shape index (κ1) is 21.8. The van der Waals surface area contributed by atoms with Gasteiger partial charge in [-0.05, 0) is 32.2 Å². The molecule has 0 saturated carbocycles. The Bertz CT molecular complexity index is 1100. The highest BCUT2D eigenvalue weighted by Gasteiger charge is 2.20. The number of fused-ring (bicyclic) bond motifs is 1. The average molecular weight is 450 g/mol.